The van der Waals surface area contributed by atoms with Crippen LogP contribution in [0.2, 0.25) is 5.02 Å². The molecule has 2 N–H and O–H groups in total. The molecule has 0 bridgehead atoms. The highest BCUT2D eigenvalue weighted by atomic mass is 35.5. The predicted molar refractivity (Wildman–Crippen MR) is 91.1 cm³/mol. The fraction of sp³-hybridized carbons (Fsp3) is 0.533. The maximum Gasteiger partial charge on any atom is 0.319 e. The van der Waals surface area contributed by atoms with Gasteiger partial charge in [0.1, 0.15) is 0 Å². The second kappa shape index (κ2) is 7.83. The minimum Gasteiger partial charge on any atom is -0.335 e. The monoisotopic (exact) mass is 346 g/mol. The van der Waals surface area contributed by atoms with E-state index in [1.54, 1.807) is 18.2 Å². The van der Waals surface area contributed by atoms with Crippen molar-refractivity contribution in [3.05, 3.63) is 28.8 Å². The molecular formula is C15H23ClN2O3S. The molecule has 0 heterocycles. The Hall–Kier alpha value is -1.27. The molecule has 1 aromatic carbocycles. The van der Waals surface area contributed by atoms with E-state index in [0.717, 1.165) is 12.7 Å². The van der Waals surface area contributed by atoms with Crippen LogP contribution in [0.25, 0.3) is 0 Å². The van der Waals surface area contributed by atoms with E-state index < -0.39 is 9.84 Å². The van der Waals surface area contributed by atoms with Crippen molar-refractivity contribution in [3.8, 4) is 0 Å². The molecule has 1 aromatic rings. The van der Waals surface area contributed by atoms with E-state index in [1.165, 1.54) is 0 Å². The summed E-state index contributed by atoms with van der Waals surface area (Å²) in [5.74, 6) is 0.266. The molecular weight excluding hydrogens is 324 g/mol. The minimum absolute atomic E-state index is 0.0305. The fourth-order valence-electron chi connectivity index (χ4n) is 1.92. The van der Waals surface area contributed by atoms with Crippen molar-refractivity contribution in [1.29, 1.82) is 0 Å². The molecule has 0 aliphatic carbocycles. The number of nitrogens with one attached hydrogen (secondary N) is 2. The first-order chi connectivity index (χ1) is 10.1. The Morgan fingerprint density at radius 2 is 1.95 bits per heavy atom. The van der Waals surface area contributed by atoms with Crippen LogP contribution in [0, 0.1) is 5.92 Å². The van der Waals surface area contributed by atoms with Gasteiger partial charge < -0.3 is 10.6 Å². The first kappa shape index (κ1) is 18.8. The van der Waals surface area contributed by atoms with Crippen molar-refractivity contribution in [1.82, 2.24) is 5.32 Å². The molecule has 2 amide bonds. The van der Waals surface area contributed by atoms with Gasteiger partial charge in [-0.15, -0.1) is 0 Å². The highest BCUT2D eigenvalue weighted by molar-refractivity contribution is 7.89. The van der Waals surface area contributed by atoms with Gasteiger partial charge in [0.15, 0.2) is 9.84 Å². The Labute approximate surface area is 137 Å². The van der Waals surface area contributed by atoms with E-state index in [0.29, 0.717) is 22.2 Å². The molecule has 124 valence electrons. The molecule has 0 saturated carbocycles. The molecule has 5 nitrogen and oxygen atoms in total. The number of rotatable bonds is 6. The zero-order valence-corrected chi connectivity index (χ0v) is 14.9. The SMILES string of the molecule is CC[C@H](C)[C@@H](C)NC(=O)Nc1cc(CS(C)(=O)=O)ccc1Cl. The molecule has 0 unspecified atom stereocenters. The lowest BCUT2D eigenvalue weighted by Gasteiger charge is -2.20. The standard InChI is InChI=1S/C15H23ClN2O3S/c1-5-10(2)11(3)17-15(19)18-14-8-12(6-7-13(14)16)9-22(4,20)21/h6-8,10-11H,5,9H2,1-4H3,(H2,17,18,19)/t10-,11+/m0/s1. The number of carbonyl (C=O) groups excluding carboxylic acids is 1. The van der Waals surface area contributed by atoms with E-state index in [-0.39, 0.29) is 17.8 Å². The van der Waals surface area contributed by atoms with Gasteiger partial charge in [0.2, 0.25) is 0 Å². The maximum atomic E-state index is 12.0. The summed E-state index contributed by atoms with van der Waals surface area (Å²) in [5, 5.41) is 5.88. The number of halogens is 1. The summed E-state index contributed by atoms with van der Waals surface area (Å²) < 4.78 is 22.7. The lowest BCUT2D eigenvalue weighted by Crippen LogP contribution is -2.39. The third-order valence-electron chi connectivity index (χ3n) is 3.56. The predicted octanol–water partition coefficient (Wildman–Crippen LogP) is 3.44. The summed E-state index contributed by atoms with van der Waals surface area (Å²) in [6.07, 6.45) is 2.13. The molecule has 0 aliphatic heterocycles. The minimum atomic E-state index is -3.14. The Kier molecular flexibility index (Phi) is 6.68. The third kappa shape index (κ3) is 6.23. The topological polar surface area (TPSA) is 75.3 Å². The van der Waals surface area contributed by atoms with E-state index >= 15 is 0 Å². The second-order valence-corrected chi connectivity index (χ2v) is 8.20. The molecule has 0 radical (unpaired) electrons. The molecule has 0 saturated heterocycles. The summed E-state index contributed by atoms with van der Waals surface area (Å²) in [4.78, 5) is 12.0. The number of urea groups is 1. The molecule has 22 heavy (non-hydrogen) atoms. The van der Waals surface area contributed by atoms with Crippen LogP contribution in [0.15, 0.2) is 18.2 Å². The number of hydrogen-bond acceptors (Lipinski definition) is 3. The third-order valence-corrected chi connectivity index (χ3v) is 4.75. The summed E-state index contributed by atoms with van der Waals surface area (Å²) in [7, 11) is -3.14. The Bertz CT molecular complexity index is 632. The van der Waals surface area contributed by atoms with E-state index in [1.807, 2.05) is 6.92 Å². The van der Waals surface area contributed by atoms with Crippen LogP contribution >= 0.6 is 11.6 Å². The Morgan fingerprint density at radius 3 is 2.50 bits per heavy atom. The molecule has 0 aliphatic rings. The largest absolute Gasteiger partial charge is 0.335 e. The summed E-state index contributed by atoms with van der Waals surface area (Å²) in [6.45, 7) is 6.06. The Balaban J connectivity index is 2.80. The number of amides is 2. The molecule has 0 spiro atoms. The van der Waals surface area contributed by atoms with Crippen molar-refractivity contribution in [2.45, 2.75) is 39.0 Å². The fourth-order valence-corrected chi connectivity index (χ4v) is 2.87. The van der Waals surface area contributed by atoms with Gasteiger partial charge in [-0.2, -0.15) is 0 Å². The van der Waals surface area contributed by atoms with Gasteiger partial charge in [0.25, 0.3) is 0 Å². The number of anilines is 1. The van der Waals surface area contributed by atoms with Gasteiger partial charge in [-0.1, -0.05) is 37.9 Å². The van der Waals surface area contributed by atoms with Crippen LogP contribution < -0.4 is 10.6 Å². The average Bonchev–Trinajstić information content (AvgIpc) is 2.39. The van der Waals surface area contributed by atoms with Crippen molar-refractivity contribution < 1.29 is 13.2 Å². The highest BCUT2D eigenvalue weighted by Crippen LogP contribution is 2.24. The van der Waals surface area contributed by atoms with Crippen LogP contribution in [-0.4, -0.2) is 26.7 Å². The van der Waals surface area contributed by atoms with Gasteiger partial charge in [-0.3, -0.25) is 0 Å². The normalized spacial score (nSPS) is 14.2. The molecule has 2 atom stereocenters. The zero-order valence-electron chi connectivity index (χ0n) is 13.3. The zero-order chi connectivity index (χ0) is 16.9. The van der Waals surface area contributed by atoms with Crippen molar-refractivity contribution >= 4 is 33.2 Å². The average molecular weight is 347 g/mol. The highest BCUT2D eigenvalue weighted by Gasteiger charge is 2.14. The van der Waals surface area contributed by atoms with Gasteiger partial charge in [-0.05, 0) is 30.5 Å². The molecule has 0 aromatic heterocycles. The van der Waals surface area contributed by atoms with Gasteiger partial charge in [-0.25, -0.2) is 13.2 Å². The number of benzene rings is 1. The second-order valence-electron chi connectivity index (χ2n) is 5.66. The molecule has 1 rings (SSSR count). The quantitative estimate of drug-likeness (QED) is 0.828. The summed E-state index contributed by atoms with van der Waals surface area (Å²) in [5.41, 5.74) is 0.980. The van der Waals surface area contributed by atoms with E-state index in [2.05, 4.69) is 24.5 Å². The first-order valence-electron chi connectivity index (χ1n) is 7.16. The van der Waals surface area contributed by atoms with E-state index in [9.17, 15) is 13.2 Å². The summed E-state index contributed by atoms with van der Waals surface area (Å²) in [6, 6.07) is 4.47. The molecule has 7 heteroatoms. The van der Waals surface area contributed by atoms with E-state index in [4.69, 9.17) is 11.6 Å². The van der Waals surface area contributed by atoms with Gasteiger partial charge in [0.05, 0.1) is 16.5 Å². The van der Waals surface area contributed by atoms with Gasteiger partial charge >= 0.3 is 6.03 Å². The van der Waals surface area contributed by atoms with Crippen LogP contribution in [0.4, 0.5) is 10.5 Å². The van der Waals surface area contributed by atoms with Crippen LogP contribution in [-0.2, 0) is 15.6 Å². The van der Waals surface area contributed by atoms with Gasteiger partial charge in [0, 0.05) is 12.3 Å². The smallest absolute Gasteiger partial charge is 0.319 e. The van der Waals surface area contributed by atoms with Crippen LogP contribution in [0.5, 0.6) is 0 Å². The Morgan fingerprint density at radius 1 is 1.32 bits per heavy atom. The lowest BCUT2D eigenvalue weighted by molar-refractivity contribution is 0.244. The lowest BCUT2D eigenvalue weighted by atomic mass is 10.0. The summed E-state index contributed by atoms with van der Waals surface area (Å²) >= 11 is 6.05. The van der Waals surface area contributed by atoms with Crippen LogP contribution in [0.1, 0.15) is 32.8 Å². The van der Waals surface area contributed by atoms with Crippen molar-refractivity contribution in [2.24, 2.45) is 5.92 Å². The first-order valence-corrected chi connectivity index (χ1v) is 9.60. The van der Waals surface area contributed by atoms with Crippen LogP contribution in [0.3, 0.4) is 0 Å². The van der Waals surface area contributed by atoms with Crippen molar-refractivity contribution in [3.63, 3.8) is 0 Å². The number of carbonyl (C=O) groups is 1. The molecule has 0 fully saturated rings. The van der Waals surface area contributed by atoms with Crippen molar-refractivity contribution in [2.75, 3.05) is 11.6 Å². The number of hydrogen-bond donors (Lipinski definition) is 2. The number of sulfone groups is 1. The maximum absolute atomic E-state index is 12.0.